The summed E-state index contributed by atoms with van der Waals surface area (Å²) in [6.45, 7) is 1.58. The quantitative estimate of drug-likeness (QED) is 0.478. The van der Waals surface area contributed by atoms with Crippen LogP contribution in [0, 0.1) is 6.92 Å². The molecule has 2 aromatic carbocycles. The third-order valence-electron chi connectivity index (χ3n) is 4.05. The lowest BCUT2D eigenvalue weighted by molar-refractivity contribution is -0.147. The first kappa shape index (κ1) is 19.2. The summed E-state index contributed by atoms with van der Waals surface area (Å²) in [5.41, 5.74) is 1.89. The van der Waals surface area contributed by atoms with E-state index in [2.05, 4.69) is 4.74 Å². The molecule has 0 saturated carbocycles. The van der Waals surface area contributed by atoms with Crippen molar-refractivity contribution in [2.45, 2.75) is 13.5 Å². The minimum absolute atomic E-state index is 0.0510. The number of fused-ring (bicyclic) bond motifs is 1. The van der Waals surface area contributed by atoms with Crippen molar-refractivity contribution in [2.75, 3.05) is 13.7 Å². The van der Waals surface area contributed by atoms with Gasteiger partial charge in [0.15, 0.2) is 6.61 Å². The van der Waals surface area contributed by atoms with Gasteiger partial charge in [0.2, 0.25) is 0 Å². The molecule has 0 radical (unpaired) electrons. The van der Waals surface area contributed by atoms with Crippen LogP contribution >= 0.6 is 0 Å². The van der Waals surface area contributed by atoms with Gasteiger partial charge in [-0.2, -0.15) is 0 Å². The van der Waals surface area contributed by atoms with Gasteiger partial charge in [-0.25, -0.2) is 14.4 Å². The largest absolute Gasteiger partial charge is 0.482 e. The monoisotopic (exact) mass is 382 g/mol. The Hall–Kier alpha value is -3.61. The van der Waals surface area contributed by atoms with Crippen molar-refractivity contribution < 1.29 is 28.2 Å². The van der Waals surface area contributed by atoms with Gasteiger partial charge in [0.25, 0.3) is 0 Å². The number of rotatable bonds is 6. The Morgan fingerprint density at radius 1 is 1.04 bits per heavy atom. The number of aryl methyl sites for hydroxylation is 1. The molecule has 28 heavy (non-hydrogen) atoms. The van der Waals surface area contributed by atoms with E-state index < -0.39 is 17.6 Å². The van der Waals surface area contributed by atoms with Gasteiger partial charge < -0.3 is 18.6 Å². The van der Waals surface area contributed by atoms with Crippen LogP contribution in [0.15, 0.2) is 57.7 Å². The van der Waals surface area contributed by atoms with Gasteiger partial charge in [-0.3, -0.25) is 0 Å². The maximum absolute atomic E-state index is 11.9. The van der Waals surface area contributed by atoms with Crippen LogP contribution in [-0.2, 0) is 20.9 Å². The minimum atomic E-state index is -0.553. The third kappa shape index (κ3) is 4.56. The number of carbonyl (C=O) groups excluding carboxylic acids is 2. The molecule has 0 unspecified atom stereocenters. The Bertz CT molecular complexity index is 1060. The second-order valence-corrected chi connectivity index (χ2v) is 6.04. The van der Waals surface area contributed by atoms with E-state index in [1.807, 2.05) is 6.92 Å². The number of methoxy groups -OCH3 is 1. The average Bonchev–Trinajstić information content (AvgIpc) is 2.70. The molecular weight excluding hydrogens is 364 g/mol. The maximum Gasteiger partial charge on any atom is 0.344 e. The zero-order valence-corrected chi connectivity index (χ0v) is 15.4. The lowest BCUT2D eigenvalue weighted by Crippen LogP contribution is -2.14. The van der Waals surface area contributed by atoms with E-state index in [1.165, 1.54) is 13.2 Å². The van der Waals surface area contributed by atoms with Crippen molar-refractivity contribution in [2.24, 2.45) is 0 Å². The van der Waals surface area contributed by atoms with Crippen molar-refractivity contribution in [1.29, 1.82) is 0 Å². The lowest BCUT2D eigenvalue weighted by Gasteiger charge is -2.08. The van der Waals surface area contributed by atoms with Gasteiger partial charge in [-0.1, -0.05) is 12.1 Å². The molecule has 7 nitrogen and oxygen atoms in total. The molecule has 3 rings (SSSR count). The second-order valence-electron chi connectivity index (χ2n) is 6.04. The molecule has 0 saturated heterocycles. The Labute approximate surface area is 160 Å². The topological polar surface area (TPSA) is 92.0 Å². The van der Waals surface area contributed by atoms with Crippen LogP contribution in [0.25, 0.3) is 11.0 Å². The number of carbonyl (C=O) groups is 2. The third-order valence-corrected chi connectivity index (χ3v) is 4.05. The number of benzene rings is 2. The first-order chi connectivity index (χ1) is 13.5. The van der Waals surface area contributed by atoms with Crippen LogP contribution in [-0.4, -0.2) is 25.7 Å². The van der Waals surface area contributed by atoms with Gasteiger partial charge in [0.05, 0.1) is 12.7 Å². The molecular formula is C21H18O7. The fourth-order valence-electron chi connectivity index (χ4n) is 2.60. The smallest absolute Gasteiger partial charge is 0.344 e. The van der Waals surface area contributed by atoms with Crippen LogP contribution < -0.4 is 10.4 Å². The van der Waals surface area contributed by atoms with Crippen molar-refractivity contribution >= 4 is 22.9 Å². The standard InChI is InChI=1S/C21H18O7/c1-13-9-19(22)28-18-10-16(7-8-17(13)18)26-12-20(23)27-11-14-3-5-15(6-4-14)21(24)25-2/h3-10H,11-12H2,1-2H3. The highest BCUT2D eigenvalue weighted by Gasteiger charge is 2.09. The van der Waals surface area contributed by atoms with Gasteiger partial charge in [-0.05, 0) is 42.3 Å². The SMILES string of the molecule is COC(=O)c1ccc(COC(=O)COc2ccc3c(C)cc(=O)oc3c2)cc1. The highest BCUT2D eigenvalue weighted by Crippen LogP contribution is 2.22. The molecule has 0 aliphatic carbocycles. The molecule has 144 valence electrons. The molecule has 0 atom stereocenters. The molecule has 0 bridgehead atoms. The molecule has 0 spiro atoms. The number of esters is 2. The zero-order valence-electron chi connectivity index (χ0n) is 15.4. The van der Waals surface area contributed by atoms with E-state index in [9.17, 15) is 14.4 Å². The highest BCUT2D eigenvalue weighted by atomic mass is 16.6. The van der Waals surface area contributed by atoms with Crippen LogP contribution in [0.2, 0.25) is 0 Å². The van der Waals surface area contributed by atoms with Crippen molar-refractivity contribution in [3.05, 3.63) is 75.6 Å². The Morgan fingerprint density at radius 2 is 1.79 bits per heavy atom. The molecule has 1 aromatic heterocycles. The van der Waals surface area contributed by atoms with Crippen molar-refractivity contribution in [1.82, 2.24) is 0 Å². The first-order valence-corrected chi connectivity index (χ1v) is 8.46. The Balaban J connectivity index is 1.55. The molecule has 7 heteroatoms. The maximum atomic E-state index is 11.9. The summed E-state index contributed by atoms with van der Waals surface area (Å²) in [7, 11) is 1.31. The van der Waals surface area contributed by atoms with Crippen molar-refractivity contribution in [3.8, 4) is 5.75 Å². The predicted molar refractivity (Wildman–Crippen MR) is 100 cm³/mol. The number of hydrogen-bond acceptors (Lipinski definition) is 7. The van der Waals surface area contributed by atoms with Gasteiger partial charge in [0.1, 0.15) is 17.9 Å². The summed E-state index contributed by atoms with van der Waals surface area (Å²) in [6.07, 6.45) is 0. The summed E-state index contributed by atoms with van der Waals surface area (Å²) < 4.78 is 20.3. The number of ether oxygens (including phenoxy) is 3. The van der Waals surface area contributed by atoms with E-state index in [0.717, 1.165) is 16.5 Å². The van der Waals surface area contributed by atoms with Crippen LogP contribution in [0.5, 0.6) is 5.75 Å². The zero-order chi connectivity index (χ0) is 20.1. The first-order valence-electron chi connectivity index (χ1n) is 8.46. The minimum Gasteiger partial charge on any atom is -0.482 e. The van der Waals surface area contributed by atoms with E-state index in [0.29, 0.717) is 16.9 Å². The Morgan fingerprint density at radius 3 is 2.50 bits per heavy atom. The summed E-state index contributed by atoms with van der Waals surface area (Å²) in [5, 5.41) is 0.796. The Kier molecular flexibility index (Phi) is 5.74. The van der Waals surface area contributed by atoms with E-state index in [-0.39, 0.29) is 13.2 Å². The number of hydrogen-bond donors (Lipinski definition) is 0. The lowest BCUT2D eigenvalue weighted by atomic mass is 10.1. The van der Waals surface area contributed by atoms with E-state index >= 15 is 0 Å². The predicted octanol–water partition coefficient (Wildman–Crippen LogP) is 3.01. The van der Waals surface area contributed by atoms with Crippen molar-refractivity contribution in [3.63, 3.8) is 0 Å². The summed E-state index contributed by atoms with van der Waals surface area (Å²) in [5.74, 6) is -0.596. The van der Waals surface area contributed by atoms with Crippen LogP contribution in [0.3, 0.4) is 0 Å². The average molecular weight is 382 g/mol. The molecule has 0 aliphatic heterocycles. The molecule has 0 fully saturated rings. The molecule has 3 aromatic rings. The molecule has 0 N–H and O–H groups in total. The summed E-state index contributed by atoms with van der Waals surface area (Å²) in [6, 6.07) is 13.0. The molecule has 1 heterocycles. The normalized spacial score (nSPS) is 10.5. The second kappa shape index (κ2) is 8.39. The molecule has 0 amide bonds. The fourth-order valence-corrected chi connectivity index (χ4v) is 2.60. The highest BCUT2D eigenvalue weighted by molar-refractivity contribution is 5.89. The van der Waals surface area contributed by atoms with Gasteiger partial charge >= 0.3 is 17.6 Å². The summed E-state index contributed by atoms with van der Waals surface area (Å²) in [4.78, 5) is 34.7. The fraction of sp³-hybridized carbons (Fsp3) is 0.190. The van der Waals surface area contributed by atoms with E-state index in [4.69, 9.17) is 13.9 Å². The summed E-state index contributed by atoms with van der Waals surface area (Å²) >= 11 is 0. The molecule has 0 aliphatic rings. The van der Waals surface area contributed by atoms with E-state index in [1.54, 1.807) is 42.5 Å². The van der Waals surface area contributed by atoms with Gasteiger partial charge in [0, 0.05) is 17.5 Å². The van der Waals surface area contributed by atoms with Crippen LogP contribution in [0.4, 0.5) is 0 Å². The van der Waals surface area contributed by atoms with Crippen LogP contribution in [0.1, 0.15) is 21.5 Å². The van der Waals surface area contributed by atoms with Gasteiger partial charge in [-0.15, -0.1) is 0 Å².